The van der Waals surface area contributed by atoms with Crippen molar-refractivity contribution in [1.82, 2.24) is 19.8 Å². The first-order chi connectivity index (χ1) is 12.2. The molecule has 1 unspecified atom stereocenters. The molecule has 1 aromatic carbocycles. The summed E-state index contributed by atoms with van der Waals surface area (Å²) in [5.41, 5.74) is 0.0837. The summed E-state index contributed by atoms with van der Waals surface area (Å²) in [5, 5.41) is 0.597. The zero-order valence-electron chi connectivity index (χ0n) is 15.8. The summed E-state index contributed by atoms with van der Waals surface area (Å²) >= 11 is 0. The smallest absolute Gasteiger partial charge is 0.410 e. The average molecular weight is 358 g/mol. The molecule has 0 spiro atoms. The molecular formula is C19H26N4O3. The lowest BCUT2D eigenvalue weighted by Gasteiger charge is -2.40. The van der Waals surface area contributed by atoms with Gasteiger partial charge in [-0.15, -0.1) is 0 Å². The fraction of sp³-hybridized carbons (Fsp3) is 0.526. The SMILES string of the molecule is CC1CN(Cc2nc3ccccc3c(=O)[nH]2)CCN1C(=O)OC(C)(C)C. The summed E-state index contributed by atoms with van der Waals surface area (Å²) in [5.74, 6) is 0.645. The second-order valence-corrected chi connectivity index (χ2v) is 7.79. The van der Waals surface area contributed by atoms with Crippen molar-refractivity contribution in [2.45, 2.75) is 45.9 Å². The number of benzene rings is 1. The number of nitrogens with zero attached hydrogens (tertiary/aromatic N) is 3. The van der Waals surface area contributed by atoms with Gasteiger partial charge in [0.25, 0.3) is 5.56 Å². The number of aromatic nitrogens is 2. The van der Waals surface area contributed by atoms with E-state index in [-0.39, 0.29) is 17.7 Å². The van der Waals surface area contributed by atoms with E-state index in [0.717, 1.165) is 0 Å². The molecule has 0 saturated carbocycles. The van der Waals surface area contributed by atoms with Gasteiger partial charge in [-0.2, -0.15) is 0 Å². The highest BCUT2D eigenvalue weighted by Crippen LogP contribution is 2.17. The van der Waals surface area contributed by atoms with Gasteiger partial charge in [0.1, 0.15) is 11.4 Å². The highest BCUT2D eigenvalue weighted by molar-refractivity contribution is 5.77. The van der Waals surface area contributed by atoms with Gasteiger partial charge in [0.15, 0.2) is 0 Å². The molecule has 2 heterocycles. The Morgan fingerprint density at radius 1 is 1.31 bits per heavy atom. The van der Waals surface area contributed by atoms with E-state index in [1.165, 1.54) is 0 Å². The van der Waals surface area contributed by atoms with E-state index in [9.17, 15) is 9.59 Å². The molecule has 1 saturated heterocycles. The minimum Gasteiger partial charge on any atom is -0.444 e. The number of ether oxygens (including phenoxy) is 1. The molecule has 0 radical (unpaired) electrons. The van der Waals surface area contributed by atoms with Gasteiger partial charge in [0.05, 0.1) is 17.4 Å². The highest BCUT2D eigenvalue weighted by Gasteiger charge is 2.31. The van der Waals surface area contributed by atoms with Gasteiger partial charge in [-0.25, -0.2) is 9.78 Å². The number of piperazine rings is 1. The Kier molecular flexibility index (Phi) is 5.00. The lowest BCUT2D eigenvalue weighted by atomic mass is 10.2. The summed E-state index contributed by atoms with van der Waals surface area (Å²) in [4.78, 5) is 35.9. The molecule has 140 valence electrons. The number of carbonyl (C=O) groups excluding carboxylic acids is 1. The zero-order valence-corrected chi connectivity index (χ0v) is 15.8. The molecule has 1 aromatic heterocycles. The van der Waals surface area contributed by atoms with Crippen LogP contribution >= 0.6 is 0 Å². The summed E-state index contributed by atoms with van der Waals surface area (Å²) < 4.78 is 5.47. The van der Waals surface area contributed by atoms with Crippen molar-refractivity contribution in [2.75, 3.05) is 19.6 Å². The van der Waals surface area contributed by atoms with E-state index in [0.29, 0.717) is 42.9 Å². The molecule has 3 rings (SSSR count). The maximum absolute atomic E-state index is 12.3. The molecule has 1 aliphatic rings. The molecule has 7 nitrogen and oxygen atoms in total. The van der Waals surface area contributed by atoms with Crippen molar-refractivity contribution in [2.24, 2.45) is 0 Å². The van der Waals surface area contributed by atoms with Crippen molar-refractivity contribution >= 4 is 17.0 Å². The molecular weight excluding hydrogens is 332 g/mol. The van der Waals surface area contributed by atoms with Crippen LogP contribution in [0.15, 0.2) is 29.1 Å². The first kappa shape index (κ1) is 18.4. The summed E-state index contributed by atoms with van der Waals surface area (Å²) in [6, 6.07) is 7.35. The van der Waals surface area contributed by atoms with E-state index < -0.39 is 5.60 Å². The Labute approximate surface area is 153 Å². The molecule has 1 fully saturated rings. The van der Waals surface area contributed by atoms with Crippen molar-refractivity contribution in [3.63, 3.8) is 0 Å². The van der Waals surface area contributed by atoms with Crippen LogP contribution in [0.5, 0.6) is 0 Å². The third-order valence-corrected chi connectivity index (χ3v) is 4.37. The molecule has 0 aliphatic carbocycles. The second kappa shape index (κ2) is 7.07. The van der Waals surface area contributed by atoms with Crippen LogP contribution in [0.4, 0.5) is 4.79 Å². The number of carbonyl (C=O) groups is 1. The highest BCUT2D eigenvalue weighted by atomic mass is 16.6. The average Bonchev–Trinajstić information content (AvgIpc) is 2.53. The minimum absolute atomic E-state index is 0.0331. The van der Waals surface area contributed by atoms with E-state index in [2.05, 4.69) is 14.9 Å². The first-order valence-corrected chi connectivity index (χ1v) is 8.93. The monoisotopic (exact) mass is 358 g/mol. The lowest BCUT2D eigenvalue weighted by Crippen LogP contribution is -2.54. The van der Waals surface area contributed by atoms with Crippen molar-refractivity contribution in [3.8, 4) is 0 Å². The number of para-hydroxylation sites is 1. The molecule has 1 atom stereocenters. The maximum Gasteiger partial charge on any atom is 0.410 e. The molecule has 0 bridgehead atoms. The van der Waals surface area contributed by atoms with Crippen LogP contribution < -0.4 is 5.56 Å². The van der Waals surface area contributed by atoms with Gasteiger partial charge in [0, 0.05) is 25.7 Å². The fourth-order valence-corrected chi connectivity index (χ4v) is 3.19. The molecule has 7 heteroatoms. The third-order valence-electron chi connectivity index (χ3n) is 4.37. The van der Waals surface area contributed by atoms with Crippen LogP contribution in [0.2, 0.25) is 0 Å². The fourth-order valence-electron chi connectivity index (χ4n) is 3.19. The first-order valence-electron chi connectivity index (χ1n) is 8.93. The second-order valence-electron chi connectivity index (χ2n) is 7.79. The molecule has 1 aliphatic heterocycles. The van der Waals surface area contributed by atoms with E-state index >= 15 is 0 Å². The van der Waals surface area contributed by atoms with Crippen molar-refractivity contribution in [3.05, 3.63) is 40.4 Å². The number of rotatable bonds is 2. The van der Waals surface area contributed by atoms with Crippen LogP contribution in [-0.4, -0.2) is 57.1 Å². The Balaban J connectivity index is 1.66. The molecule has 2 aromatic rings. The topological polar surface area (TPSA) is 78.5 Å². The van der Waals surface area contributed by atoms with Crippen molar-refractivity contribution in [1.29, 1.82) is 0 Å². The number of hydrogen-bond donors (Lipinski definition) is 1. The van der Waals surface area contributed by atoms with Crippen LogP contribution in [0.25, 0.3) is 10.9 Å². The zero-order chi connectivity index (χ0) is 18.9. The van der Waals surface area contributed by atoms with Gasteiger partial charge < -0.3 is 14.6 Å². The number of fused-ring (bicyclic) bond motifs is 1. The van der Waals surface area contributed by atoms with Crippen LogP contribution in [-0.2, 0) is 11.3 Å². The number of amides is 1. The molecule has 1 N–H and O–H groups in total. The summed E-state index contributed by atoms with van der Waals surface area (Å²) in [7, 11) is 0. The van der Waals surface area contributed by atoms with Crippen LogP contribution in [0, 0.1) is 0 Å². The maximum atomic E-state index is 12.3. The summed E-state index contributed by atoms with van der Waals surface area (Å²) in [6.45, 7) is 10.2. The predicted molar refractivity (Wildman–Crippen MR) is 100 cm³/mol. The Bertz CT molecular complexity index is 856. The van der Waals surface area contributed by atoms with Crippen molar-refractivity contribution < 1.29 is 9.53 Å². The van der Waals surface area contributed by atoms with Gasteiger partial charge in [-0.05, 0) is 39.8 Å². The number of hydrogen-bond acceptors (Lipinski definition) is 5. The summed E-state index contributed by atoms with van der Waals surface area (Å²) in [6.07, 6.45) is -0.276. The van der Waals surface area contributed by atoms with Gasteiger partial charge in [-0.1, -0.05) is 12.1 Å². The van der Waals surface area contributed by atoms with Crippen LogP contribution in [0.1, 0.15) is 33.5 Å². The number of nitrogens with one attached hydrogen (secondary N) is 1. The van der Waals surface area contributed by atoms with Gasteiger partial charge in [0.2, 0.25) is 0 Å². The Morgan fingerprint density at radius 3 is 2.73 bits per heavy atom. The van der Waals surface area contributed by atoms with Gasteiger partial charge >= 0.3 is 6.09 Å². The lowest BCUT2D eigenvalue weighted by molar-refractivity contribution is 0.000306. The standard InChI is InChI=1S/C19H26N4O3/c1-13-11-22(9-10-23(13)18(25)26-19(2,3)4)12-16-20-15-8-6-5-7-14(15)17(24)21-16/h5-8,13H,9-12H2,1-4H3,(H,20,21,24). The molecule has 26 heavy (non-hydrogen) atoms. The normalized spacial score (nSPS) is 18.9. The van der Waals surface area contributed by atoms with E-state index in [1.54, 1.807) is 11.0 Å². The largest absolute Gasteiger partial charge is 0.444 e. The van der Waals surface area contributed by atoms with Gasteiger partial charge in [-0.3, -0.25) is 9.69 Å². The Morgan fingerprint density at radius 2 is 2.04 bits per heavy atom. The number of aromatic amines is 1. The quantitative estimate of drug-likeness (QED) is 0.892. The number of H-pyrrole nitrogens is 1. The minimum atomic E-state index is -0.498. The predicted octanol–water partition coefficient (Wildman–Crippen LogP) is 2.36. The Hall–Kier alpha value is -2.41. The third kappa shape index (κ3) is 4.22. The van der Waals surface area contributed by atoms with Crippen LogP contribution in [0.3, 0.4) is 0 Å². The molecule has 1 amide bonds. The van der Waals surface area contributed by atoms with E-state index in [1.807, 2.05) is 45.9 Å². The van der Waals surface area contributed by atoms with E-state index in [4.69, 9.17) is 4.74 Å².